The Hall–Kier alpha value is -2.94. The summed E-state index contributed by atoms with van der Waals surface area (Å²) < 4.78 is 5.79. The summed E-state index contributed by atoms with van der Waals surface area (Å²) in [6, 6.07) is 15.7. The van der Waals surface area contributed by atoms with Crippen molar-refractivity contribution < 1.29 is 14.9 Å². The van der Waals surface area contributed by atoms with Crippen molar-refractivity contribution in [2.45, 2.75) is 26.2 Å². The van der Waals surface area contributed by atoms with Gasteiger partial charge in [0.25, 0.3) is 0 Å². The van der Waals surface area contributed by atoms with E-state index in [-0.39, 0.29) is 11.5 Å². The molecule has 0 spiro atoms. The first-order valence-corrected chi connectivity index (χ1v) is 8.86. The monoisotopic (exact) mass is 346 g/mol. The molecule has 3 aromatic carbocycles. The maximum absolute atomic E-state index is 10.7. The molecule has 0 aromatic heterocycles. The third-order valence-electron chi connectivity index (χ3n) is 5.17. The zero-order valence-electron chi connectivity index (χ0n) is 15.0. The molecule has 0 saturated carbocycles. The van der Waals surface area contributed by atoms with E-state index in [9.17, 15) is 10.2 Å². The molecule has 132 valence electrons. The van der Waals surface area contributed by atoms with E-state index >= 15 is 0 Å². The predicted octanol–water partition coefficient (Wildman–Crippen LogP) is 4.77. The van der Waals surface area contributed by atoms with Crippen molar-refractivity contribution in [3.05, 3.63) is 76.3 Å². The Kier molecular flexibility index (Phi) is 4.08. The molecule has 0 heterocycles. The van der Waals surface area contributed by atoms with Crippen molar-refractivity contribution in [2.75, 3.05) is 7.11 Å². The first kappa shape index (κ1) is 16.5. The molecule has 0 unspecified atom stereocenters. The van der Waals surface area contributed by atoms with Crippen molar-refractivity contribution >= 4 is 0 Å². The highest BCUT2D eigenvalue weighted by Crippen LogP contribution is 2.46. The van der Waals surface area contributed by atoms with Crippen molar-refractivity contribution in [2.24, 2.45) is 0 Å². The number of hydrogen-bond donors (Lipinski definition) is 2. The normalized spacial score (nSPS) is 12.4. The van der Waals surface area contributed by atoms with Gasteiger partial charge in [0, 0.05) is 17.5 Å². The minimum atomic E-state index is 0.281. The molecule has 0 bridgehead atoms. The second kappa shape index (κ2) is 6.41. The molecule has 0 atom stereocenters. The van der Waals surface area contributed by atoms with Gasteiger partial charge in [-0.3, -0.25) is 0 Å². The van der Waals surface area contributed by atoms with Crippen LogP contribution in [0.25, 0.3) is 11.1 Å². The van der Waals surface area contributed by atoms with Gasteiger partial charge in [0.15, 0.2) is 0 Å². The SMILES string of the molecule is COc1c(Cc2ccc(C)cc2)c(O)cc2c1-c1ccc(O)cc1CC2. The fraction of sp³-hybridized carbons (Fsp3) is 0.217. The standard InChI is InChI=1S/C23H22O3/c1-14-3-5-15(6-4-14)11-20-21(25)13-17-8-7-16-12-18(24)9-10-19(16)22(17)23(20)26-2/h3-6,9-10,12-13,24-25H,7-8,11H2,1-2H3. The van der Waals surface area contributed by atoms with Gasteiger partial charge < -0.3 is 14.9 Å². The van der Waals surface area contributed by atoms with Crippen LogP contribution in [0.1, 0.15) is 27.8 Å². The minimum absolute atomic E-state index is 0.281. The van der Waals surface area contributed by atoms with E-state index in [0.29, 0.717) is 6.42 Å². The lowest BCUT2D eigenvalue weighted by Crippen LogP contribution is -2.08. The van der Waals surface area contributed by atoms with E-state index in [2.05, 4.69) is 31.2 Å². The van der Waals surface area contributed by atoms with Gasteiger partial charge in [0.2, 0.25) is 0 Å². The molecule has 3 heteroatoms. The van der Waals surface area contributed by atoms with Gasteiger partial charge in [-0.2, -0.15) is 0 Å². The Morgan fingerprint density at radius 1 is 0.923 bits per heavy atom. The van der Waals surface area contributed by atoms with Crippen LogP contribution in [0.3, 0.4) is 0 Å². The fourth-order valence-electron chi connectivity index (χ4n) is 3.84. The highest BCUT2D eigenvalue weighted by atomic mass is 16.5. The number of rotatable bonds is 3. The van der Waals surface area contributed by atoms with Crippen molar-refractivity contribution in [1.82, 2.24) is 0 Å². The molecule has 0 saturated heterocycles. The molecule has 1 aliphatic carbocycles. The number of hydrogen-bond acceptors (Lipinski definition) is 3. The fourth-order valence-corrected chi connectivity index (χ4v) is 3.84. The molecule has 3 nitrogen and oxygen atoms in total. The van der Waals surface area contributed by atoms with Crippen LogP contribution in [0, 0.1) is 6.92 Å². The van der Waals surface area contributed by atoms with Crippen LogP contribution in [-0.2, 0) is 19.3 Å². The summed E-state index contributed by atoms with van der Waals surface area (Å²) in [5.74, 6) is 1.29. The van der Waals surface area contributed by atoms with E-state index in [4.69, 9.17) is 4.74 Å². The van der Waals surface area contributed by atoms with Gasteiger partial charge in [-0.05, 0) is 60.2 Å². The van der Waals surface area contributed by atoms with Gasteiger partial charge in [-0.25, -0.2) is 0 Å². The summed E-state index contributed by atoms with van der Waals surface area (Å²) >= 11 is 0. The summed E-state index contributed by atoms with van der Waals surface area (Å²) in [7, 11) is 1.66. The number of aryl methyl sites for hydroxylation is 3. The lowest BCUT2D eigenvalue weighted by Gasteiger charge is -2.25. The quantitative estimate of drug-likeness (QED) is 0.718. The Bertz CT molecular complexity index is 972. The maximum Gasteiger partial charge on any atom is 0.134 e. The summed E-state index contributed by atoms with van der Waals surface area (Å²) in [5, 5.41) is 20.5. The largest absolute Gasteiger partial charge is 0.508 e. The minimum Gasteiger partial charge on any atom is -0.508 e. The highest BCUT2D eigenvalue weighted by molar-refractivity contribution is 5.82. The molecule has 0 amide bonds. The molecule has 3 aromatic rings. The lowest BCUT2D eigenvalue weighted by atomic mass is 9.82. The van der Waals surface area contributed by atoms with Crippen molar-refractivity contribution in [3.63, 3.8) is 0 Å². The average molecular weight is 346 g/mol. The second-order valence-corrected chi connectivity index (χ2v) is 6.95. The Morgan fingerprint density at radius 2 is 1.65 bits per heavy atom. The molecule has 2 N–H and O–H groups in total. The van der Waals surface area contributed by atoms with Crippen molar-refractivity contribution in [3.8, 4) is 28.4 Å². The van der Waals surface area contributed by atoms with Gasteiger partial charge in [0.1, 0.15) is 17.2 Å². The number of phenols is 2. The van der Waals surface area contributed by atoms with Gasteiger partial charge in [0.05, 0.1) is 7.11 Å². The predicted molar refractivity (Wildman–Crippen MR) is 103 cm³/mol. The first-order valence-electron chi connectivity index (χ1n) is 8.86. The van der Waals surface area contributed by atoms with Gasteiger partial charge in [-0.1, -0.05) is 35.9 Å². The van der Waals surface area contributed by atoms with E-state index in [1.807, 2.05) is 18.2 Å². The molecule has 4 rings (SSSR count). The molecule has 26 heavy (non-hydrogen) atoms. The van der Waals surface area contributed by atoms with E-state index < -0.39 is 0 Å². The van der Waals surface area contributed by atoms with Crippen LogP contribution in [0.5, 0.6) is 17.2 Å². The number of ether oxygens (including phenoxy) is 1. The Labute approximate surface area is 153 Å². The van der Waals surface area contributed by atoms with E-state index in [1.54, 1.807) is 13.2 Å². The summed E-state index contributed by atoms with van der Waals surface area (Å²) in [6.07, 6.45) is 2.27. The smallest absolute Gasteiger partial charge is 0.134 e. The lowest BCUT2D eigenvalue weighted by molar-refractivity contribution is 0.401. The van der Waals surface area contributed by atoms with Crippen LogP contribution >= 0.6 is 0 Å². The number of methoxy groups -OCH3 is 1. The number of fused-ring (bicyclic) bond motifs is 3. The molecular formula is C23H22O3. The van der Waals surface area contributed by atoms with Crippen LogP contribution < -0.4 is 4.74 Å². The third-order valence-corrected chi connectivity index (χ3v) is 5.17. The number of phenolic OH excluding ortho intramolecular Hbond substituents is 2. The van der Waals surface area contributed by atoms with E-state index in [0.717, 1.165) is 52.0 Å². The van der Waals surface area contributed by atoms with Gasteiger partial charge in [-0.15, -0.1) is 0 Å². The third kappa shape index (κ3) is 2.80. The molecule has 0 aliphatic heterocycles. The summed E-state index contributed by atoms with van der Waals surface area (Å²) in [6.45, 7) is 2.06. The highest BCUT2D eigenvalue weighted by Gasteiger charge is 2.25. The summed E-state index contributed by atoms with van der Waals surface area (Å²) in [4.78, 5) is 0. The average Bonchev–Trinajstić information content (AvgIpc) is 2.63. The summed E-state index contributed by atoms with van der Waals surface area (Å²) in [5.41, 5.74) is 7.46. The Morgan fingerprint density at radius 3 is 2.38 bits per heavy atom. The maximum atomic E-state index is 10.7. The molecule has 1 aliphatic rings. The zero-order chi connectivity index (χ0) is 18.3. The first-order chi connectivity index (χ1) is 12.6. The molecule has 0 fully saturated rings. The zero-order valence-corrected chi connectivity index (χ0v) is 15.0. The Balaban J connectivity index is 1.88. The van der Waals surface area contributed by atoms with Crippen LogP contribution in [-0.4, -0.2) is 17.3 Å². The molecular weight excluding hydrogens is 324 g/mol. The van der Waals surface area contributed by atoms with Gasteiger partial charge >= 0.3 is 0 Å². The van der Waals surface area contributed by atoms with Crippen LogP contribution in [0.15, 0.2) is 48.5 Å². The second-order valence-electron chi connectivity index (χ2n) is 6.95. The number of benzene rings is 3. The van der Waals surface area contributed by atoms with E-state index in [1.165, 1.54) is 5.56 Å². The van der Waals surface area contributed by atoms with Crippen LogP contribution in [0.2, 0.25) is 0 Å². The van der Waals surface area contributed by atoms with Crippen molar-refractivity contribution in [1.29, 1.82) is 0 Å². The van der Waals surface area contributed by atoms with Crippen LogP contribution in [0.4, 0.5) is 0 Å². The number of aromatic hydroxyl groups is 2. The topological polar surface area (TPSA) is 49.7 Å². The molecule has 0 radical (unpaired) electrons.